The van der Waals surface area contributed by atoms with Crippen LogP contribution in [-0.4, -0.2) is 31.3 Å². The summed E-state index contributed by atoms with van der Waals surface area (Å²) in [6, 6.07) is 8.78. The molecule has 1 aliphatic heterocycles. The largest absolute Gasteiger partial charge is 0.482 e. The topological polar surface area (TPSA) is 53.9 Å². The molecule has 1 aliphatic rings. The number of nitrogens with one attached hydrogen (secondary N) is 1. The van der Waals surface area contributed by atoms with Gasteiger partial charge >= 0.3 is 0 Å². The van der Waals surface area contributed by atoms with Crippen LogP contribution in [0, 0.1) is 0 Å². The van der Waals surface area contributed by atoms with Crippen molar-refractivity contribution in [2.24, 2.45) is 5.10 Å². The first kappa shape index (κ1) is 22.7. The predicted molar refractivity (Wildman–Crippen MR) is 125 cm³/mol. The second-order valence-electron chi connectivity index (χ2n) is 8.07. The predicted octanol–water partition coefficient (Wildman–Crippen LogP) is 5.90. The number of hydrogen-bond acceptors (Lipinski definition) is 4. The lowest BCUT2D eigenvalue weighted by atomic mass is 9.80. The number of hydrogen-bond donors (Lipinski definition) is 1. The summed E-state index contributed by atoms with van der Waals surface area (Å²) in [5, 5.41) is 5.42. The quantitative estimate of drug-likeness (QED) is 0.439. The van der Waals surface area contributed by atoms with E-state index in [1.165, 1.54) is 5.56 Å². The van der Waals surface area contributed by atoms with Crippen molar-refractivity contribution in [1.29, 1.82) is 0 Å². The number of fused-ring (bicyclic) bond motifs is 1. The highest BCUT2D eigenvalue weighted by Crippen LogP contribution is 2.44. The number of anilines is 1. The summed E-state index contributed by atoms with van der Waals surface area (Å²) in [5.74, 6) is 0.350. The first-order valence-corrected chi connectivity index (χ1v) is 10.7. The fraction of sp³-hybridized carbons (Fsp3) is 0.364. The molecule has 0 saturated carbocycles. The van der Waals surface area contributed by atoms with Gasteiger partial charge in [-0.2, -0.15) is 5.10 Å². The smallest absolute Gasteiger partial charge is 0.277 e. The van der Waals surface area contributed by atoms with E-state index in [0.29, 0.717) is 26.7 Å². The van der Waals surface area contributed by atoms with Crippen molar-refractivity contribution in [3.63, 3.8) is 0 Å². The van der Waals surface area contributed by atoms with Crippen LogP contribution in [0.4, 0.5) is 5.69 Å². The van der Waals surface area contributed by atoms with E-state index in [4.69, 9.17) is 39.5 Å². The first-order valence-electron chi connectivity index (χ1n) is 9.55. The van der Waals surface area contributed by atoms with E-state index >= 15 is 0 Å². The zero-order chi connectivity index (χ0) is 22.1. The van der Waals surface area contributed by atoms with Crippen LogP contribution in [0.1, 0.15) is 44.2 Å². The Hall–Kier alpha value is -1.95. The minimum absolute atomic E-state index is 0.0618. The molecule has 8 heteroatoms. The Balaban J connectivity index is 1.65. The van der Waals surface area contributed by atoms with Crippen LogP contribution in [0.5, 0.6) is 5.75 Å². The highest BCUT2D eigenvalue weighted by atomic mass is 35.5. The molecular weight excluding hydrogens is 445 g/mol. The minimum Gasteiger partial charge on any atom is -0.482 e. The Bertz CT molecular complexity index is 992. The Kier molecular flexibility index (Phi) is 6.85. The van der Waals surface area contributed by atoms with Crippen molar-refractivity contribution in [2.75, 3.05) is 18.6 Å². The normalized spacial score (nSPS) is 17.7. The molecule has 2 aromatic carbocycles. The maximum Gasteiger partial charge on any atom is 0.277 e. The second kappa shape index (κ2) is 9.04. The molecule has 3 rings (SSSR count). The molecule has 0 fully saturated rings. The van der Waals surface area contributed by atoms with E-state index in [1.807, 2.05) is 12.1 Å². The van der Waals surface area contributed by atoms with Gasteiger partial charge in [0, 0.05) is 28.9 Å². The number of hydrazone groups is 1. The van der Waals surface area contributed by atoms with Crippen molar-refractivity contribution in [3.05, 3.63) is 56.5 Å². The number of carbonyl (C=O) groups is 1. The number of halogens is 3. The standard InChI is InChI=1S/C22H24Cl3N3O2/c1-13-10-22(2,3)28(4)19-9-17(24)14(7-16(13)19)11-26-27-21(29)12-30-20-6-5-15(23)8-18(20)25/h5-9,11,13H,10,12H2,1-4H3,(H,27,29)/b26-11+/t13-/m0/s1. The monoisotopic (exact) mass is 467 g/mol. The molecule has 0 aromatic heterocycles. The molecule has 0 spiro atoms. The van der Waals surface area contributed by atoms with E-state index < -0.39 is 5.91 Å². The van der Waals surface area contributed by atoms with Crippen molar-refractivity contribution in [2.45, 2.75) is 38.6 Å². The fourth-order valence-electron chi connectivity index (χ4n) is 3.65. The Labute approximate surface area is 191 Å². The van der Waals surface area contributed by atoms with Crippen LogP contribution in [0.2, 0.25) is 15.1 Å². The zero-order valence-corrected chi connectivity index (χ0v) is 19.6. The number of ether oxygens (including phenoxy) is 1. The molecule has 0 radical (unpaired) electrons. The van der Waals surface area contributed by atoms with Gasteiger partial charge in [0.25, 0.3) is 5.91 Å². The van der Waals surface area contributed by atoms with Gasteiger partial charge in [0.05, 0.1) is 16.3 Å². The Morgan fingerprint density at radius 1 is 1.27 bits per heavy atom. The van der Waals surface area contributed by atoms with Gasteiger partial charge in [0.2, 0.25) is 0 Å². The van der Waals surface area contributed by atoms with Gasteiger partial charge in [0.1, 0.15) is 5.75 Å². The number of carbonyl (C=O) groups excluding carboxylic acids is 1. The lowest BCUT2D eigenvalue weighted by Gasteiger charge is -2.45. The highest BCUT2D eigenvalue weighted by Gasteiger charge is 2.34. The molecule has 1 amide bonds. The summed E-state index contributed by atoms with van der Waals surface area (Å²) in [6.07, 6.45) is 2.58. The van der Waals surface area contributed by atoms with Crippen molar-refractivity contribution < 1.29 is 9.53 Å². The Morgan fingerprint density at radius 2 is 2.00 bits per heavy atom. The van der Waals surface area contributed by atoms with Crippen molar-refractivity contribution in [3.8, 4) is 5.75 Å². The summed E-state index contributed by atoms with van der Waals surface area (Å²) >= 11 is 18.3. The van der Waals surface area contributed by atoms with E-state index in [-0.39, 0.29) is 12.1 Å². The van der Waals surface area contributed by atoms with Gasteiger partial charge < -0.3 is 9.64 Å². The number of nitrogens with zero attached hydrogens (tertiary/aromatic N) is 2. The molecule has 1 N–H and O–H groups in total. The maximum atomic E-state index is 12.0. The van der Waals surface area contributed by atoms with Crippen molar-refractivity contribution >= 4 is 52.6 Å². The second-order valence-corrected chi connectivity index (χ2v) is 9.32. The van der Waals surface area contributed by atoms with Gasteiger partial charge in [-0.25, -0.2) is 5.43 Å². The zero-order valence-electron chi connectivity index (χ0n) is 17.3. The maximum absolute atomic E-state index is 12.0. The van der Waals surface area contributed by atoms with Gasteiger partial charge in [-0.15, -0.1) is 0 Å². The highest BCUT2D eigenvalue weighted by molar-refractivity contribution is 6.35. The van der Waals surface area contributed by atoms with E-state index in [1.54, 1.807) is 24.4 Å². The molecule has 0 unspecified atom stereocenters. The van der Waals surface area contributed by atoms with Gasteiger partial charge in [-0.05, 0) is 62.1 Å². The van der Waals surface area contributed by atoms with Gasteiger partial charge in [-0.1, -0.05) is 41.7 Å². The molecule has 2 aromatic rings. The van der Waals surface area contributed by atoms with Crippen LogP contribution in [0.15, 0.2) is 35.4 Å². The van der Waals surface area contributed by atoms with Crippen LogP contribution in [0.25, 0.3) is 0 Å². The van der Waals surface area contributed by atoms with Crippen LogP contribution < -0.4 is 15.1 Å². The number of rotatable bonds is 5. The lowest BCUT2D eigenvalue weighted by Crippen LogP contribution is -2.45. The van der Waals surface area contributed by atoms with Gasteiger partial charge in [0.15, 0.2) is 6.61 Å². The summed E-state index contributed by atoms with van der Waals surface area (Å²) in [7, 11) is 2.09. The molecule has 160 valence electrons. The SMILES string of the molecule is C[C@H]1CC(C)(C)N(C)c2cc(Cl)c(/C=N/NC(=O)COc3ccc(Cl)cc3Cl)cc21. The molecule has 1 atom stereocenters. The Morgan fingerprint density at radius 3 is 2.70 bits per heavy atom. The summed E-state index contributed by atoms with van der Waals surface area (Å²) in [6.45, 7) is 6.44. The molecule has 0 saturated heterocycles. The number of benzene rings is 2. The average Bonchev–Trinajstić information content (AvgIpc) is 2.66. The first-order chi connectivity index (χ1) is 14.1. The lowest BCUT2D eigenvalue weighted by molar-refractivity contribution is -0.123. The molecule has 5 nitrogen and oxygen atoms in total. The molecule has 30 heavy (non-hydrogen) atoms. The third-order valence-electron chi connectivity index (χ3n) is 5.40. The summed E-state index contributed by atoms with van der Waals surface area (Å²) < 4.78 is 5.39. The molecule has 0 bridgehead atoms. The third-order valence-corrected chi connectivity index (χ3v) is 6.26. The molecule has 1 heterocycles. The molecular formula is C22H24Cl3N3O2. The minimum atomic E-state index is -0.416. The number of amides is 1. The van der Waals surface area contributed by atoms with Crippen LogP contribution in [-0.2, 0) is 4.79 Å². The van der Waals surface area contributed by atoms with E-state index in [9.17, 15) is 4.79 Å². The van der Waals surface area contributed by atoms with Crippen molar-refractivity contribution in [1.82, 2.24) is 5.43 Å². The van der Waals surface area contributed by atoms with Crippen LogP contribution >= 0.6 is 34.8 Å². The molecule has 0 aliphatic carbocycles. The fourth-order valence-corrected chi connectivity index (χ4v) is 4.31. The summed E-state index contributed by atoms with van der Waals surface area (Å²) in [5.41, 5.74) is 5.59. The third kappa shape index (κ3) is 5.02. The average molecular weight is 469 g/mol. The van der Waals surface area contributed by atoms with E-state index in [2.05, 4.69) is 43.2 Å². The van der Waals surface area contributed by atoms with Crippen LogP contribution in [0.3, 0.4) is 0 Å². The summed E-state index contributed by atoms with van der Waals surface area (Å²) in [4.78, 5) is 14.3. The van der Waals surface area contributed by atoms with Gasteiger partial charge in [-0.3, -0.25) is 4.79 Å². The van der Waals surface area contributed by atoms with E-state index in [0.717, 1.165) is 17.7 Å².